The molecule has 0 saturated carbocycles. The van der Waals surface area contributed by atoms with E-state index in [0.717, 1.165) is 60.6 Å². The number of fused-ring (bicyclic) bond motifs is 1. The van der Waals surface area contributed by atoms with Crippen LogP contribution in [0.5, 0.6) is 0 Å². The van der Waals surface area contributed by atoms with Crippen LogP contribution in [-0.2, 0) is 0 Å². The van der Waals surface area contributed by atoms with Crippen molar-refractivity contribution in [2.45, 2.75) is 44.2 Å². The number of aliphatic imine (C=N–C) groups is 1. The molecule has 0 amide bonds. The second-order valence-corrected chi connectivity index (χ2v) is 8.40. The third kappa shape index (κ3) is 3.46. The Kier molecular flexibility index (Phi) is 4.66. The van der Waals surface area contributed by atoms with Gasteiger partial charge in [0.05, 0.1) is 17.0 Å². The average Bonchev–Trinajstić information content (AvgIpc) is 3.17. The van der Waals surface area contributed by atoms with Gasteiger partial charge in [-0.05, 0) is 43.0 Å². The normalized spacial score (nSPS) is 20.2. The third-order valence-corrected chi connectivity index (χ3v) is 6.35. The van der Waals surface area contributed by atoms with Gasteiger partial charge in [0.25, 0.3) is 0 Å². The zero-order chi connectivity index (χ0) is 19.8. The quantitative estimate of drug-likeness (QED) is 0.609. The maximum absolute atomic E-state index is 6.06. The summed E-state index contributed by atoms with van der Waals surface area (Å²) in [6, 6.07) is 10.4. The molecule has 0 bridgehead atoms. The highest BCUT2D eigenvalue weighted by Crippen LogP contribution is 2.38. The molecule has 2 aliphatic heterocycles. The summed E-state index contributed by atoms with van der Waals surface area (Å²) in [6.45, 7) is 4.13. The molecule has 2 saturated heterocycles. The van der Waals surface area contributed by atoms with Crippen LogP contribution in [0.1, 0.15) is 44.2 Å². The van der Waals surface area contributed by atoms with Gasteiger partial charge in [0.2, 0.25) is 0 Å². The van der Waals surface area contributed by atoms with Crippen molar-refractivity contribution in [2.24, 2.45) is 4.99 Å². The topological polar surface area (TPSA) is 79.1 Å². The minimum atomic E-state index is 0.0687. The number of piperidine rings is 1. The van der Waals surface area contributed by atoms with Gasteiger partial charge in [0.1, 0.15) is 23.6 Å². The first-order chi connectivity index (χ1) is 14.2. The van der Waals surface area contributed by atoms with Crippen LogP contribution in [0.15, 0.2) is 47.8 Å². The monoisotopic (exact) mass is 408 g/mol. The zero-order valence-electron chi connectivity index (χ0n) is 16.5. The molecular weight excluding hydrogens is 384 g/mol. The van der Waals surface area contributed by atoms with E-state index >= 15 is 0 Å². The molecule has 2 aliphatic rings. The molecule has 150 valence electrons. The summed E-state index contributed by atoms with van der Waals surface area (Å²) in [6.07, 6.45) is 7.80. The first-order valence-corrected chi connectivity index (χ1v) is 10.7. The molecule has 5 rings (SSSR count). The maximum atomic E-state index is 6.06. The number of nitrogens with one attached hydrogen (secondary N) is 2. The van der Waals surface area contributed by atoms with Crippen LogP contribution in [-0.4, -0.2) is 39.4 Å². The van der Waals surface area contributed by atoms with Crippen LogP contribution in [0.4, 0.5) is 5.82 Å². The number of amidine groups is 1. The Morgan fingerprint density at radius 3 is 2.72 bits per heavy atom. The highest BCUT2D eigenvalue weighted by Gasteiger charge is 2.52. The fourth-order valence-corrected chi connectivity index (χ4v) is 4.47. The zero-order valence-corrected chi connectivity index (χ0v) is 17.3. The van der Waals surface area contributed by atoms with E-state index in [0.29, 0.717) is 0 Å². The van der Waals surface area contributed by atoms with Crippen LogP contribution in [0.3, 0.4) is 0 Å². The number of rotatable bonds is 5. The Bertz CT molecular complexity index is 1030. The summed E-state index contributed by atoms with van der Waals surface area (Å²) in [5.74, 6) is 2.19. The van der Waals surface area contributed by atoms with E-state index in [4.69, 9.17) is 16.6 Å². The summed E-state index contributed by atoms with van der Waals surface area (Å²) >= 11 is 6.06. The maximum Gasteiger partial charge on any atom is 0.142 e. The fourth-order valence-electron chi connectivity index (χ4n) is 4.34. The van der Waals surface area contributed by atoms with E-state index in [9.17, 15) is 0 Å². The molecule has 1 spiro atoms. The number of anilines is 1. The van der Waals surface area contributed by atoms with Crippen LogP contribution in [0.2, 0.25) is 5.02 Å². The van der Waals surface area contributed by atoms with E-state index in [2.05, 4.69) is 50.3 Å². The summed E-state index contributed by atoms with van der Waals surface area (Å²) in [4.78, 5) is 19.5. The molecule has 0 radical (unpaired) electrons. The second kappa shape index (κ2) is 7.34. The Morgan fingerprint density at radius 2 is 1.97 bits per heavy atom. The van der Waals surface area contributed by atoms with Crippen molar-refractivity contribution in [3.63, 3.8) is 0 Å². The summed E-state index contributed by atoms with van der Waals surface area (Å²) in [7, 11) is 0. The lowest BCUT2D eigenvalue weighted by Gasteiger charge is -2.31. The van der Waals surface area contributed by atoms with Crippen LogP contribution < -0.4 is 10.2 Å². The van der Waals surface area contributed by atoms with E-state index in [-0.39, 0.29) is 11.6 Å². The molecule has 6 nitrogen and oxygen atoms in total. The minimum Gasteiger partial charge on any atom is -0.359 e. The molecule has 1 atom stereocenters. The number of halogens is 1. The molecule has 0 unspecified atom stereocenters. The van der Waals surface area contributed by atoms with E-state index < -0.39 is 0 Å². The van der Waals surface area contributed by atoms with Crippen LogP contribution >= 0.6 is 11.6 Å². The minimum absolute atomic E-state index is 0.0687. The predicted molar refractivity (Wildman–Crippen MR) is 118 cm³/mol. The van der Waals surface area contributed by atoms with Gasteiger partial charge in [-0.15, -0.1) is 0 Å². The SMILES string of the molecule is CCC[C@H](N=C1NC12CCN(c1ncnc3[nH]ccc13)CC2)c1ccc(Cl)cc1. The van der Waals surface area contributed by atoms with Gasteiger partial charge in [-0.2, -0.15) is 0 Å². The Hall–Kier alpha value is -2.60. The highest BCUT2D eigenvalue weighted by atomic mass is 35.5. The van der Waals surface area contributed by atoms with Gasteiger partial charge < -0.3 is 15.2 Å². The fraction of sp³-hybridized carbons (Fsp3) is 0.409. The smallest absolute Gasteiger partial charge is 0.142 e. The second-order valence-electron chi connectivity index (χ2n) is 7.97. The van der Waals surface area contributed by atoms with Gasteiger partial charge >= 0.3 is 0 Å². The Morgan fingerprint density at radius 1 is 1.17 bits per heavy atom. The average molecular weight is 409 g/mol. The van der Waals surface area contributed by atoms with Gasteiger partial charge in [-0.3, -0.25) is 4.99 Å². The molecule has 3 aromatic rings. The standard InChI is InChI=1S/C22H25ClN6/c1-2-3-18(15-4-6-16(23)7-5-15)27-21-22(28-21)9-12-29(13-10-22)20-17-8-11-24-19(17)25-14-26-20/h4-8,11,14,18H,2-3,9-10,12-13H2,1H3,(H,27,28)(H,24,25,26)/t18-/m0/s1. The molecule has 2 aromatic heterocycles. The van der Waals surface area contributed by atoms with Gasteiger partial charge in [0.15, 0.2) is 0 Å². The number of hydrogen-bond acceptors (Lipinski definition) is 4. The van der Waals surface area contributed by atoms with Gasteiger partial charge in [-0.1, -0.05) is 37.1 Å². The van der Waals surface area contributed by atoms with Crippen molar-refractivity contribution in [2.75, 3.05) is 18.0 Å². The van der Waals surface area contributed by atoms with Gasteiger partial charge in [-0.25, -0.2) is 9.97 Å². The lowest BCUT2D eigenvalue weighted by Crippen LogP contribution is -2.40. The van der Waals surface area contributed by atoms with Crippen molar-refractivity contribution in [1.29, 1.82) is 0 Å². The van der Waals surface area contributed by atoms with Crippen molar-refractivity contribution >= 4 is 34.3 Å². The molecule has 0 aliphatic carbocycles. The van der Waals surface area contributed by atoms with Crippen molar-refractivity contribution < 1.29 is 0 Å². The molecule has 2 N–H and O–H groups in total. The summed E-state index contributed by atoms with van der Waals surface area (Å²) in [5, 5.41) is 5.48. The number of nitrogens with zero attached hydrogens (tertiary/aromatic N) is 4. The van der Waals surface area contributed by atoms with Crippen molar-refractivity contribution in [1.82, 2.24) is 20.3 Å². The Labute approximate surface area is 175 Å². The van der Waals surface area contributed by atoms with E-state index in [1.165, 1.54) is 11.4 Å². The number of aromatic amines is 1. The summed E-state index contributed by atoms with van der Waals surface area (Å²) < 4.78 is 0. The first kappa shape index (κ1) is 18.4. The number of H-pyrrole nitrogens is 1. The summed E-state index contributed by atoms with van der Waals surface area (Å²) in [5.41, 5.74) is 2.20. The van der Waals surface area contributed by atoms with Crippen molar-refractivity contribution in [3.05, 3.63) is 53.4 Å². The van der Waals surface area contributed by atoms with Crippen LogP contribution in [0.25, 0.3) is 11.0 Å². The molecule has 4 heterocycles. The third-order valence-electron chi connectivity index (χ3n) is 6.10. The van der Waals surface area contributed by atoms with Crippen molar-refractivity contribution in [3.8, 4) is 0 Å². The predicted octanol–water partition coefficient (Wildman–Crippen LogP) is 4.49. The lowest BCUT2D eigenvalue weighted by atomic mass is 9.95. The molecular formula is C22H25ClN6. The van der Waals surface area contributed by atoms with Gasteiger partial charge in [0, 0.05) is 24.3 Å². The largest absolute Gasteiger partial charge is 0.359 e. The van der Waals surface area contributed by atoms with E-state index in [1.54, 1.807) is 6.33 Å². The molecule has 7 heteroatoms. The number of benzene rings is 1. The molecule has 2 fully saturated rings. The molecule has 1 aromatic carbocycles. The number of hydrogen-bond donors (Lipinski definition) is 2. The molecule has 29 heavy (non-hydrogen) atoms. The lowest BCUT2D eigenvalue weighted by molar-refractivity contribution is 0.480. The highest BCUT2D eigenvalue weighted by molar-refractivity contribution is 6.30. The number of aromatic nitrogens is 3. The Balaban J connectivity index is 1.30. The van der Waals surface area contributed by atoms with E-state index in [1.807, 2.05) is 18.3 Å². The van der Waals surface area contributed by atoms with Crippen LogP contribution in [0, 0.1) is 0 Å². The first-order valence-electron chi connectivity index (χ1n) is 10.3.